The molecule has 90 valence electrons. The lowest BCUT2D eigenvalue weighted by molar-refractivity contribution is 0.198. The molecule has 7 heteroatoms. The number of rotatable bonds is 4. The van der Waals surface area contributed by atoms with Crippen LogP contribution in [-0.2, 0) is 10.0 Å². The summed E-state index contributed by atoms with van der Waals surface area (Å²) in [7, 11) is -4.03. The molecular weight excluding hydrogens is 235 g/mol. The Labute approximate surface area is 93.1 Å². The number of nitrogens with two attached hydrogens (primary N) is 1. The summed E-state index contributed by atoms with van der Waals surface area (Å²) in [6.45, 7) is 1.21. The Morgan fingerprint density at radius 2 is 2.19 bits per heavy atom. The van der Waals surface area contributed by atoms with Crippen LogP contribution in [0.2, 0.25) is 0 Å². The molecule has 0 saturated carbocycles. The van der Waals surface area contributed by atoms with Crippen molar-refractivity contribution in [3.05, 3.63) is 24.0 Å². The van der Waals surface area contributed by atoms with E-state index in [0.717, 1.165) is 6.07 Å². The Hall–Kier alpha value is -1.18. The second kappa shape index (κ2) is 4.77. The molecule has 1 aromatic rings. The molecule has 0 aliphatic rings. The average molecular weight is 248 g/mol. The molecule has 0 aliphatic heterocycles. The van der Waals surface area contributed by atoms with Crippen LogP contribution in [0.3, 0.4) is 0 Å². The van der Waals surface area contributed by atoms with E-state index in [2.05, 4.69) is 4.72 Å². The summed E-state index contributed by atoms with van der Waals surface area (Å²) in [5, 5.41) is 8.95. The van der Waals surface area contributed by atoms with Crippen LogP contribution in [0.25, 0.3) is 0 Å². The summed E-state index contributed by atoms with van der Waals surface area (Å²) in [5.74, 6) is -0.918. The minimum absolute atomic E-state index is 0.168. The molecule has 16 heavy (non-hydrogen) atoms. The van der Waals surface area contributed by atoms with Crippen molar-refractivity contribution in [1.82, 2.24) is 4.72 Å². The Morgan fingerprint density at radius 1 is 1.56 bits per heavy atom. The lowest BCUT2D eigenvalue weighted by Gasteiger charge is -2.10. The maximum absolute atomic E-state index is 13.3. The fourth-order valence-corrected chi connectivity index (χ4v) is 2.42. The van der Waals surface area contributed by atoms with Gasteiger partial charge in [0, 0.05) is 6.54 Å². The maximum Gasteiger partial charge on any atom is 0.245 e. The van der Waals surface area contributed by atoms with E-state index in [4.69, 9.17) is 10.8 Å². The van der Waals surface area contributed by atoms with E-state index in [0.29, 0.717) is 0 Å². The summed E-state index contributed by atoms with van der Waals surface area (Å²) in [4.78, 5) is -0.587. The van der Waals surface area contributed by atoms with Gasteiger partial charge in [-0.1, -0.05) is 6.07 Å². The van der Waals surface area contributed by atoms with Crippen LogP contribution in [0.1, 0.15) is 6.92 Å². The highest BCUT2D eigenvalue weighted by Crippen LogP contribution is 2.21. The molecule has 0 unspecified atom stereocenters. The van der Waals surface area contributed by atoms with Crippen LogP contribution in [0.4, 0.5) is 10.1 Å². The van der Waals surface area contributed by atoms with E-state index in [1.165, 1.54) is 19.1 Å². The Balaban J connectivity index is 3.08. The van der Waals surface area contributed by atoms with Crippen molar-refractivity contribution in [2.45, 2.75) is 17.9 Å². The van der Waals surface area contributed by atoms with Gasteiger partial charge < -0.3 is 10.8 Å². The van der Waals surface area contributed by atoms with Gasteiger partial charge in [0.05, 0.1) is 11.8 Å². The maximum atomic E-state index is 13.3. The number of anilines is 1. The third-order valence-electron chi connectivity index (χ3n) is 1.83. The summed E-state index contributed by atoms with van der Waals surface area (Å²) < 4.78 is 38.6. The number of sulfonamides is 1. The van der Waals surface area contributed by atoms with Crippen molar-refractivity contribution in [3.8, 4) is 0 Å². The van der Waals surface area contributed by atoms with Gasteiger partial charge in [0.15, 0.2) is 0 Å². The van der Waals surface area contributed by atoms with E-state index in [1.807, 2.05) is 0 Å². The van der Waals surface area contributed by atoms with Gasteiger partial charge in [0.2, 0.25) is 10.0 Å². The van der Waals surface area contributed by atoms with Crippen molar-refractivity contribution in [2.24, 2.45) is 0 Å². The summed E-state index contributed by atoms with van der Waals surface area (Å²) in [6, 6.07) is 3.62. The first-order valence-corrected chi connectivity index (χ1v) is 6.04. The van der Waals surface area contributed by atoms with Crippen molar-refractivity contribution in [3.63, 3.8) is 0 Å². The molecule has 0 fully saturated rings. The van der Waals surface area contributed by atoms with Crippen molar-refractivity contribution in [1.29, 1.82) is 0 Å². The number of halogens is 1. The van der Waals surface area contributed by atoms with E-state index in [-0.39, 0.29) is 12.2 Å². The Morgan fingerprint density at radius 3 is 2.69 bits per heavy atom. The molecule has 1 rings (SSSR count). The monoisotopic (exact) mass is 248 g/mol. The summed E-state index contributed by atoms with van der Waals surface area (Å²) in [5.41, 5.74) is 5.22. The van der Waals surface area contributed by atoms with Crippen LogP contribution in [0, 0.1) is 5.82 Å². The molecule has 1 aromatic carbocycles. The van der Waals surface area contributed by atoms with Crippen molar-refractivity contribution in [2.75, 3.05) is 12.3 Å². The zero-order chi connectivity index (χ0) is 12.3. The molecule has 5 nitrogen and oxygen atoms in total. The molecule has 0 bridgehead atoms. The van der Waals surface area contributed by atoms with Gasteiger partial charge in [-0.15, -0.1) is 0 Å². The second-order valence-electron chi connectivity index (χ2n) is 3.36. The molecule has 4 N–H and O–H groups in total. The van der Waals surface area contributed by atoms with Crippen LogP contribution < -0.4 is 10.5 Å². The Kier molecular flexibility index (Phi) is 3.84. The van der Waals surface area contributed by atoms with Gasteiger partial charge in [-0.3, -0.25) is 0 Å². The van der Waals surface area contributed by atoms with Gasteiger partial charge >= 0.3 is 0 Å². The number of hydrogen-bond donors (Lipinski definition) is 3. The number of nitrogens with one attached hydrogen (secondary N) is 1. The number of aliphatic hydroxyl groups excluding tert-OH is 1. The molecule has 0 saturated heterocycles. The largest absolute Gasteiger partial charge is 0.398 e. The highest BCUT2D eigenvalue weighted by molar-refractivity contribution is 7.89. The van der Waals surface area contributed by atoms with Gasteiger partial charge in [-0.2, -0.15) is 0 Å². The molecule has 0 amide bonds. The normalized spacial score (nSPS) is 13.7. The van der Waals surface area contributed by atoms with Gasteiger partial charge in [0.25, 0.3) is 0 Å². The third-order valence-corrected chi connectivity index (χ3v) is 3.35. The lowest BCUT2D eigenvalue weighted by Crippen LogP contribution is -2.31. The first-order chi connectivity index (χ1) is 7.34. The second-order valence-corrected chi connectivity index (χ2v) is 5.06. The molecule has 0 aromatic heterocycles. The number of hydrogen-bond acceptors (Lipinski definition) is 4. The van der Waals surface area contributed by atoms with Crippen molar-refractivity contribution >= 4 is 15.7 Å². The number of nitrogen functional groups attached to an aromatic ring is 1. The zero-order valence-electron chi connectivity index (χ0n) is 8.64. The minimum atomic E-state index is -4.03. The standard InChI is InChI=1S/C9H13FN2O3S/c1-6(13)5-12-16(14,15)9-7(10)3-2-4-8(9)11/h2-4,6,12-13H,5,11H2,1H3/t6-/m0/s1. The Bertz CT molecular complexity index is 453. The van der Waals surface area contributed by atoms with Crippen LogP contribution in [-0.4, -0.2) is 26.2 Å². The first kappa shape index (κ1) is 12.9. The van der Waals surface area contributed by atoms with E-state index >= 15 is 0 Å². The number of benzene rings is 1. The predicted molar refractivity (Wildman–Crippen MR) is 57.7 cm³/mol. The molecule has 0 spiro atoms. The minimum Gasteiger partial charge on any atom is -0.398 e. The molecule has 0 aliphatic carbocycles. The van der Waals surface area contributed by atoms with Gasteiger partial charge in [0.1, 0.15) is 10.7 Å². The van der Waals surface area contributed by atoms with Crippen LogP contribution >= 0.6 is 0 Å². The fraction of sp³-hybridized carbons (Fsp3) is 0.333. The van der Waals surface area contributed by atoms with Crippen molar-refractivity contribution < 1.29 is 17.9 Å². The number of aliphatic hydroxyl groups is 1. The fourth-order valence-electron chi connectivity index (χ4n) is 1.11. The zero-order valence-corrected chi connectivity index (χ0v) is 9.46. The summed E-state index contributed by atoms with van der Waals surface area (Å²) in [6.07, 6.45) is -0.859. The average Bonchev–Trinajstić information content (AvgIpc) is 2.14. The lowest BCUT2D eigenvalue weighted by atomic mass is 10.3. The quantitative estimate of drug-likeness (QED) is 0.657. The molecule has 0 heterocycles. The predicted octanol–water partition coefficient (Wildman–Crippen LogP) is 0.0670. The van der Waals surface area contributed by atoms with E-state index in [1.54, 1.807) is 0 Å². The topological polar surface area (TPSA) is 92.4 Å². The van der Waals surface area contributed by atoms with Gasteiger partial charge in [-0.25, -0.2) is 17.5 Å². The van der Waals surface area contributed by atoms with E-state index < -0.39 is 26.8 Å². The van der Waals surface area contributed by atoms with Gasteiger partial charge in [-0.05, 0) is 19.1 Å². The summed E-state index contributed by atoms with van der Waals surface area (Å²) >= 11 is 0. The SMILES string of the molecule is C[C@H](O)CNS(=O)(=O)c1c(N)cccc1F. The van der Waals surface area contributed by atoms with Crippen LogP contribution in [0.5, 0.6) is 0 Å². The third kappa shape index (κ3) is 2.91. The first-order valence-electron chi connectivity index (χ1n) is 4.56. The molecule has 0 radical (unpaired) electrons. The molecular formula is C9H13FN2O3S. The highest BCUT2D eigenvalue weighted by Gasteiger charge is 2.21. The molecule has 1 atom stereocenters. The highest BCUT2D eigenvalue weighted by atomic mass is 32.2. The van der Waals surface area contributed by atoms with Crippen LogP contribution in [0.15, 0.2) is 23.1 Å². The smallest absolute Gasteiger partial charge is 0.245 e. The van der Waals surface area contributed by atoms with E-state index in [9.17, 15) is 12.8 Å².